The van der Waals surface area contributed by atoms with E-state index in [1.165, 1.54) is 12.1 Å². The molecular weight excluding hydrogens is 246 g/mol. The van der Waals surface area contributed by atoms with Crippen molar-refractivity contribution in [2.45, 2.75) is 37.6 Å². The SMILES string of the molecule is CCC(CC)Nc1ccc(S(=O)(=O)Cl)cc1. The molecule has 0 aliphatic carbocycles. The van der Waals surface area contributed by atoms with Gasteiger partial charge in [0, 0.05) is 22.4 Å². The number of halogens is 1. The maximum Gasteiger partial charge on any atom is 0.261 e. The van der Waals surface area contributed by atoms with Gasteiger partial charge in [-0.25, -0.2) is 8.42 Å². The fraction of sp³-hybridized carbons (Fsp3) is 0.455. The van der Waals surface area contributed by atoms with Gasteiger partial charge >= 0.3 is 0 Å². The van der Waals surface area contributed by atoms with E-state index in [-0.39, 0.29) is 4.90 Å². The zero-order valence-electron chi connectivity index (χ0n) is 9.40. The van der Waals surface area contributed by atoms with Crippen LogP contribution in [-0.2, 0) is 9.05 Å². The molecule has 5 heteroatoms. The second kappa shape index (κ2) is 5.55. The molecule has 1 aromatic rings. The van der Waals surface area contributed by atoms with Gasteiger partial charge in [0.25, 0.3) is 9.05 Å². The van der Waals surface area contributed by atoms with E-state index in [0.717, 1.165) is 18.5 Å². The Morgan fingerprint density at radius 1 is 1.19 bits per heavy atom. The molecule has 0 radical (unpaired) electrons. The molecule has 0 saturated carbocycles. The Morgan fingerprint density at radius 3 is 2.06 bits per heavy atom. The van der Waals surface area contributed by atoms with Gasteiger partial charge in [0.2, 0.25) is 0 Å². The first-order valence-electron chi connectivity index (χ1n) is 5.28. The van der Waals surface area contributed by atoms with Gasteiger partial charge in [-0.2, -0.15) is 0 Å². The average molecular weight is 262 g/mol. The van der Waals surface area contributed by atoms with E-state index in [2.05, 4.69) is 19.2 Å². The minimum atomic E-state index is -3.61. The van der Waals surface area contributed by atoms with Gasteiger partial charge in [0.1, 0.15) is 0 Å². The van der Waals surface area contributed by atoms with Crippen molar-refractivity contribution in [3.8, 4) is 0 Å². The monoisotopic (exact) mass is 261 g/mol. The van der Waals surface area contributed by atoms with Crippen molar-refractivity contribution < 1.29 is 8.42 Å². The molecule has 0 bridgehead atoms. The Morgan fingerprint density at radius 2 is 1.69 bits per heavy atom. The smallest absolute Gasteiger partial charge is 0.261 e. The van der Waals surface area contributed by atoms with Crippen LogP contribution in [-0.4, -0.2) is 14.5 Å². The predicted octanol–water partition coefficient (Wildman–Crippen LogP) is 3.21. The van der Waals surface area contributed by atoms with Crippen LogP contribution in [0.5, 0.6) is 0 Å². The van der Waals surface area contributed by atoms with Gasteiger partial charge < -0.3 is 5.32 Å². The van der Waals surface area contributed by atoms with Crippen molar-refractivity contribution in [1.29, 1.82) is 0 Å². The molecule has 0 aromatic heterocycles. The predicted molar refractivity (Wildman–Crippen MR) is 67.5 cm³/mol. The molecule has 1 aromatic carbocycles. The summed E-state index contributed by atoms with van der Waals surface area (Å²) in [4.78, 5) is 0.129. The molecule has 1 N–H and O–H groups in total. The van der Waals surface area contributed by atoms with Crippen LogP contribution in [0.25, 0.3) is 0 Å². The number of nitrogens with one attached hydrogen (secondary N) is 1. The van der Waals surface area contributed by atoms with Gasteiger partial charge in [-0.3, -0.25) is 0 Å². The molecule has 0 unspecified atom stereocenters. The first-order valence-corrected chi connectivity index (χ1v) is 7.59. The summed E-state index contributed by atoms with van der Waals surface area (Å²) in [5.74, 6) is 0. The maximum absolute atomic E-state index is 11.0. The quantitative estimate of drug-likeness (QED) is 0.828. The summed E-state index contributed by atoms with van der Waals surface area (Å²) in [7, 11) is 1.61. The van der Waals surface area contributed by atoms with Crippen LogP contribution in [0.3, 0.4) is 0 Å². The second-order valence-electron chi connectivity index (χ2n) is 3.62. The lowest BCUT2D eigenvalue weighted by molar-refractivity contribution is 0.609. The van der Waals surface area contributed by atoms with E-state index in [4.69, 9.17) is 10.7 Å². The van der Waals surface area contributed by atoms with Crippen LogP contribution >= 0.6 is 10.7 Å². The summed E-state index contributed by atoms with van der Waals surface area (Å²) in [6, 6.07) is 6.89. The Labute approximate surface area is 101 Å². The number of hydrogen-bond acceptors (Lipinski definition) is 3. The van der Waals surface area contributed by atoms with Crippen molar-refractivity contribution in [2.24, 2.45) is 0 Å². The van der Waals surface area contributed by atoms with Crippen LogP contribution in [0.2, 0.25) is 0 Å². The molecule has 16 heavy (non-hydrogen) atoms. The largest absolute Gasteiger partial charge is 0.382 e. The van der Waals surface area contributed by atoms with E-state index in [1.54, 1.807) is 12.1 Å². The Kier molecular flexibility index (Phi) is 4.62. The molecule has 0 saturated heterocycles. The highest BCUT2D eigenvalue weighted by Gasteiger charge is 2.09. The van der Waals surface area contributed by atoms with Gasteiger partial charge in [-0.15, -0.1) is 0 Å². The molecule has 0 atom stereocenters. The fourth-order valence-electron chi connectivity index (χ4n) is 1.44. The Hall–Kier alpha value is -0.740. The topological polar surface area (TPSA) is 46.2 Å². The Balaban J connectivity index is 2.80. The van der Waals surface area contributed by atoms with Crippen molar-refractivity contribution in [1.82, 2.24) is 0 Å². The van der Waals surface area contributed by atoms with Crippen LogP contribution in [0.1, 0.15) is 26.7 Å². The lowest BCUT2D eigenvalue weighted by atomic mass is 10.1. The summed E-state index contributed by atoms with van der Waals surface area (Å²) in [5.41, 5.74) is 0.915. The van der Waals surface area contributed by atoms with Gasteiger partial charge in [-0.1, -0.05) is 13.8 Å². The summed E-state index contributed by atoms with van der Waals surface area (Å²) in [6.45, 7) is 4.22. The lowest BCUT2D eigenvalue weighted by Gasteiger charge is -2.16. The first kappa shape index (κ1) is 13.3. The molecule has 0 amide bonds. The van der Waals surface area contributed by atoms with E-state index in [1.807, 2.05) is 0 Å². The van der Waals surface area contributed by atoms with Crippen molar-refractivity contribution in [3.05, 3.63) is 24.3 Å². The zero-order valence-corrected chi connectivity index (χ0v) is 11.0. The molecule has 0 spiro atoms. The van der Waals surface area contributed by atoms with Crippen LogP contribution in [0.4, 0.5) is 5.69 Å². The van der Waals surface area contributed by atoms with E-state index < -0.39 is 9.05 Å². The maximum atomic E-state index is 11.0. The van der Waals surface area contributed by atoms with Crippen molar-refractivity contribution in [2.75, 3.05) is 5.32 Å². The van der Waals surface area contributed by atoms with E-state index in [9.17, 15) is 8.42 Å². The number of anilines is 1. The number of benzene rings is 1. The summed E-state index contributed by atoms with van der Waals surface area (Å²) in [6.07, 6.45) is 2.07. The number of rotatable bonds is 5. The van der Waals surface area contributed by atoms with Crippen molar-refractivity contribution in [3.63, 3.8) is 0 Å². The zero-order chi connectivity index (χ0) is 12.2. The van der Waals surface area contributed by atoms with E-state index in [0.29, 0.717) is 6.04 Å². The molecule has 0 aliphatic rings. The van der Waals surface area contributed by atoms with Gasteiger partial charge in [0.05, 0.1) is 4.90 Å². The third-order valence-electron chi connectivity index (χ3n) is 2.49. The molecule has 0 aliphatic heterocycles. The third-order valence-corrected chi connectivity index (χ3v) is 3.86. The third kappa shape index (κ3) is 3.68. The minimum Gasteiger partial charge on any atom is -0.382 e. The summed E-state index contributed by atoms with van der Waals surface area (Å²) in [5, 5.41) is 3.32. The highest BCUT2D eigenvalue weighted by molar-refractivity contribution is 8.13. The van der Waals surface area contributed by atoms with Crippen LogP contribution < -0.4 is 5.32 Å². The Bertz CT molecular complexity index is 424. The van der Waals surface area contributed by atoms with Gasteiger partial charge in [-0.05, 0) is 37.1 Å². The molecule has 1 rings (SSSR count). The van der Waals surface area contributed by atoms with Gasteiger partial charge in [0.15, 0.2) is 0 Å². The number of hydrogen-bond donors (Lipinski definition) is 1. The molecule has 0 heterocycles. The molecule has 0 fully saturated rings. The minimum absolute atomic E-state index is 0.129. The average Bonchev–Trinajstić information content (AvgIpc) is 2.25. The standard InChI is InChI=1S/C11H16ClNO2S/c1-3-9(4-2)13-10-5-7-11(8-6-10)16(12,14)15/h5-9,13H,3-4H2,1-2H3. The highest BCUT2D eigenvalue weighted by atomic mass is 35.7. The summed E-state index contributed by atoms with van der Waals surface area (Å²) >= 11 is 0. The molecular formula is C11H16ClNO2S. The summed E-state index contributed by atoms with van der Waals surface area (Å²) < 4.78 is 22.0. The highest BCUT2D eigenvalue weighted by Crippen LogP contribution is 2.18. The van der Waals surface area contributed by atoms with Crippen LogP contribution in [0, 0.1) is 0 Å². The second-order valence-corrected chi connectivity index (χ2v) is 6.19. The molecule has 90 valence electrons. The fourth-order valence-corrected chi connectivity index (χ4v) is 2.21. The molecule has 3 nitrogen and oxygen atoms in total. The normalized spacial score (nSPS) is 11.8. The van der Waals surface area contributed by atoms with E-state index >= 15 is 0 Å². The van der Waals surface area contributed by atoms with Crippen LogP contribution in [0.15, 0.2) is 29.2 Å². The first-order chi connectivity index (χ1) is 7.47. The van der Waals surface area contributed by atoms with Crippen molar-refractivity contribution >= 4 is 25.4 Å². The lowest BCUT2D eigenvalue weighted by Crippen LogP contribution is -2.16.